The van der Waals surface area contributed by atoms with Crippen molar-refractivity contribution in [3.63, 3.8) is 0 Å². The van der Waals surface area contributed by atoms with E-state index in [9.17, 15) is 14.4 Å². The number of amides is 2. The Morgan fingerprint density at radius 2 is 1.77 bits per heavy atom. The van der Waals surface area contributed by atoms with E-state index in [0.29, 0.717) is 29.2 Å². The van der Waals surface area contributed by atoms with Gasteiger partial charge < -0.3 is 19.9 Å². The molecule has 0 bridgehead atoms. The number of benzene rings is 3. The zero-order valence-corrected chi connectivity index (χ0v) is 23.5. The van der Waals surface area contributed by atoms with Gasteiger partial charge in [-0.2, -0.15) is 0 Å². The number of aliphatic imine (C=N–C) groups is 1. The largest absolute Gasteiger partial charge is 0.465 e. The van der Waals surface area contributed by atoms with Crippen molar-refractivity contribution in [3.8, 4) is 0 Å². The number of esters is 1. The van der Waals surface area contributed by atoms with Crippen LogP contribution in [0.1, 0.15) is 34.3 Å². The summed E-state index contributed by atoms with van der Waals surface area (Å²) in [5.74, 6) is -1.44. The Bertz CT molecular complexity index is 1630. The van der Waals surface area contributed by atoms with Crippen molar-refractivity contribution in [2.24, 2.45) is 4.99 Å². The Balaban J connectivity index is 1.57. The molecule has 0 saturated carbocycles. The molecule has 204 valence electrons. The second kappa shape index (κ2) is 11.4. The van der Waals surface area contributed by atoms with E-state index in [2.05, 4.69) is 10.3 Å². The van der Waals surface area contributed by atoms with Crippen molar-refractivity contribution in [3.05, 3.63) is 82.9 Å². The standard InChI is InChI=1S/C30H29N5O4S/c1-18(36)35(14-13-34(2)3)22-9-7-21(8-10-22)32-28(19-6-12-24-26(16-19)40-17-31-24)27-23-11-5-20(30(38)39-4)15-25(23)33-29(27)37/h5-12,15-17,27H,13-14H2,1-4H3,(H,33,37). The number of anilines is 2. The summed E-state index contributed by atoms with van der Waals surface area (Å²) in [6.07, 6.45) is 0. The molecule has 0 aliphatic carbocycles. The van der Waals surface area contributed by atoms with Gasteiger partial charge in [0.25, 0.3) is 0 Å². The molecule has 2 amide bonds. The van der Waals surface area contributed by atoms with E-state index in [-0.39, 0.29) is 11.8 Å². The van der Waals surface area contributed by atoms with Crippen molar-refractivity contribution in [1.29, 1.82) is 0 Å². The van der Waals surface area contributed by atoms with Gasteiger partial charge >= 0.3 is 5.97 Å². The average molecular weight is 556 g/mol. The number of carbonyl (C=O) groups is 3. The molecule has 0 saturated heterocycles. The molecule has 9 nitrogen and oxygen atoms in total. The highest BCUT2D eigenvalue weighted by molar-refractivity contribution is 7.16. The zero-order chi connectivity index (χ0) is 28.4. The SMILES string of the molecule is COC(=O)c1ccc2c(c1)NC(=O)C2C(=Nc1ccc(N(CCN(C)C)C(C)=O)cc1)c1ccc2ncsc2c1. The first kappa shape index (κ1) is 27.2. The van der Waals surface area contributed by atoms with E-state index >= 15 is 0 Å². The van der Waals surface area contributed by atoms with Crippen molar-refractivity contribution in [2.45, 2.75) is 12.8 Å². The molecule has 0 spiro atoms. The molecule has 1 N–H and O–H groups in total. The van der Waals surface area contributed by atoms with Crippen molar-refractivity contribution < 1.29 is 19.1 Å². The van der Waals surface area contributed by atoms with Crippen LogP contribution in [0, 0.1) is 0 Å². The van der Waals surface area contributed by atoms with Crippen LogP contribution < -0.4 is 10.2 Å². The van der Waals surface area contributed by atoms with Gasteiger partial charge in [-0.25, -0.2) is 9.78 Å². The van der Waals surface area contributed by atoms with Gasteiger partial charge in [0.15, 0.2) is 0 Å². The van der Waals surface area contributed by atoms with Crippen LogP contribution in [0.25, 0.3) is 10.2 Å². The lowest BCUT2D eigenvalue weighted by molar-refractivity contribution is -0.117. The Kier molecular flexibility index (Phi) is 7.72. The van der Waals surface area contributed by atoms with Crippen LogP contribution in [0.4, 0.5) is 17.1 Å². The fourth-order valence-electron chi connectivity index (χ4n) is 4.70. The topological polar surface area (TPSA) is 104 Å². The van der Waals surface area contributed by atoms with E-state index in [1.807, 2.05) is 61.5 Å². The molecule has 10 heteroatoms. The summed E-state index contributed by atoms with van der Waals surface area (Å²) in [4.78, 5) is 50.9. The van der Waals surface area contributed by atoms with Crippen LogP contribution in [0.3, 0.4) is 0 Å². The molecule has 1 aromatic heterocycles. The minimum atomic E-state index is -0.694. The molecule has 4 aromatic rings. The first-order chi connectivity index (χ1) is 19.2. The summed E-state index contributed by atoms with van der Waals surface area (Å²) < 4.78 is 5.82. The van der Waals surface area contributed by atoms with Gasteiger partial charge in [0.2, 0.25) is 11.8 Å². The van der Waals surface area contributed by atoms with Gasteiger partial charge in [-0.3, -0.25) is 14.6 Å². The summed E-state index contributed by atoms with van der Waals surface area (Å²) in [5, 5.41) is 2.91. The minimum Gasteiger partial charge on any atom is -0.465 e. The Labute approximate surface area is 236 Å². The first-order valence-corrected chi connectivity index (χ1v) is 13.6. The molecule has 40 heavy (non-hydrogen) atoms. The molecule has 5 rings (SSSR count). The summed E-state index contributed by atoms with van der Waals surface area (Å²) in [7, 11) is 5.25. The summed E-state index contributed by atoms with van der Waals surface area (Å²) in [6.45, 7) is 2.85. The maximum atomic E-state index is 13.4. The summed E-state index contributed by atoms with van der Waals surface area (Å²) in [5.41, 5.74) is 7.08. The van der Waals surface area contributed by atoms with Crippen LogP contribution >= 0.6 is 11.3 Å². The highest BCUT2D eigenvalue weighted by Crippen LogP contribution is 2.38. The second-order valence-electron chi connectivity index (χ2n) is 9.74. The molecular weight excluding hydrogens is 526 g/mol. The molecule has 1 unspecified atom stereocenters. The number of carbonyl (C=O) groups excluding carboxylic acids is 3. The predicted octanol–water partition coefficient (Wildman–Crippen LogP) is 4.85. The minimum absolute atomic E-state index is 0.0396. The fourth-order valence-corrected chi connectivity index (χ4v) is 5.42. The van der Waals surface area contributed by atoms with Gasteiger partial charge in [-0.15, -0.1) is 11.3 Å². The van der Waals surface area contributed by atoms with Gasteiger partial charge in [0.05, 0.1) is 39.8 Å². The van der Waals surface area contributed by atoms with Crippen molar-refractivity contribution in [2.75, 3.05) is 44.5 Å². The van der Waals surface area contributed by atoms with Crippen LogP contribution in [0.5, 0.6) is 0 Å². The molecule has 0 radical (unpaired) electrons. The number of rotatable bonds is 8. The number of fused-ring (bicyclic) bond motifs is 2. The van der Waals surface area contributed by atoms with Crippen LogP contribution in [0.2, 0.25) is 0 Å². The van der Waals surface area contributed by atoms with Gasteiger partial charge in [0.1, 0.15) is 5.92 Å². The Morgan fingerprint density at radius 3 is 2.48 bits per heavy atom. The fraction of sp³-hybridized carbons (Fsp3) is 0.233. The predicted molar refractivity (Wildman–Crippen MR) is 158 cm³/mol. The molecule has 1 aliphatic rings. The number of likely N-dealkylation sites (N-methyl/N-ethyl adjacent to an activating group) is 1. The Hall–Kier alpha value is -4.41. The number of aromatic nitrogens is 1. The van der Waals surface area contributed by atoms with Crippen LogP contribution in [0.15, 0.2) is 71.2 Å². The Morgan fingerprint density at radius 1 is 1.02 bits per heavy atom. The van der Waals surface area contributed by atoms with E-state index in [1.165, 1.54) is 18.4 Å². The molecule has 2 heterocycles. The smallest absolute Gasteiger partial charge is 0.337 e. The quantitative estimate of drug-likeness (QED) is 0.246. The number of nitrogens with one attached hydrogen (secondary N) is 1. The number of hydrogen-bond acceptors (Lipinski definition) is 8. The summed E-state index contributed by atoms with van der Waals surface area (Å²) in [6, 6.07) is 18.3. The lowest BCUT2D eigenvalue weighted by atomic mass is 9.90. The van der Waals surface area contributed by atoms with Gasteiger partial charge in [0, 0.05) is 31.4 Å². The molecule has 1 aliphatic heterocycles. The third-order valence-electron chi connectivity index (χ3n) is 6.77. The van der Waals surface area contributed by atoms with Crippen molar-refractivity contribution >= 4 is 62.1 Å². The third kappa shape index (κ3) is 5.49. The van der Waals surface area contributed by atoms with E-state index in [0.717, 1.165) is 33.6 Å². The molecule has 1 atom stereocenters. The highest BCUT2D eigenvalue weighted by Gasteiger charge is 2.36. The van der Waals surface area contributed by atoms with Gasteiger partial charge in [-0.1, -0.05) is 12.1 Å². The summed E-state index contributed by atoms with van der Waals surface area (Å²) >= 11 is 1.52. The number of methoxy groups -OCH3 is 1. The number of nitrogens with zero attached hydrogens (tertiary/aromatic N) is 4. The zero-order valence-electron chi connectivity index (χ0n) is 22.7. The number of thiazole rings is 1. The van der Waals surface area contributed by atoms with E-state index < -0.39 is 11.9 Å². The van der Waals surface area contributed by atoms with E-state index in [1.54, 1.807) is 35.5 Å². The lowest BCUT2D eigenvalue weighted by Gasteiger charge is -2.23. The third-order valence-corrected chi connectivity index (χ3v) is 7.56. The van der Waals surface area contributed by atoms with Crippen molar-refractivity contribution in [1.82, 2.24) is 9.88 Å². The maximum Gasteiger partial charge on any atom is 0.337 e. The first-order valence-electron chi connectivity index (χ1n) is 12.7. The van der Waals surface area contributed by atoms with Gasteiger partial charge in [-0.05, 0) is 73.8 Å². The highest BCUT2D eigenvalue weighted by atomic mass is 32.1. The van der Waals surface area contributed by atoms with E-state index in [4.69, 9.17) is 9.73 Å². The second-order valence-corrected chi connectivity index (χ2v) is 10.6. The number of ether oxygens (including phenoxy) is 1. The lowest BCUT2D eigenvalue weighted by Crippen LogP contribution is -2.35. The molecule has 3 aromatic carbocycles. The maximum absolute atomic E-state index is 13.4. The van der Waals surface area contributed by atoms with Crippen LogP contribution in [-0.4, -0.2) is 67.7 Å². The normalized spacial score (nSPS) is 14.8. The average Bonchev–Trinajstić information content (AvgIpc) is 3.54. The monoisotopic (exact) mass is 555 g/mol. The molecule has 0 fully saturated rings. The van der Waals surface area contributed by atoms with Crippen LogP contribution in [-0.2, 0) is 14.3 Å². The number of hydrogen-bond donors (Lipinski definition) is 1. The molecular formula is C30H29N5O4S.